The van der Waals surface area contributed by atoms with Crippen LogP contribution in [0.3, 0.4) is 0 Å². The van der Waals surface area contributed by atoms with Crippen molar-refractivity contribution >= 4 is 11.6 Å². The van der Waals surface area contributed by atoms with Gasteiger partial charge < -0.3 is 15.3 Å². The van der Waals surface area contributed by atoms with Crippen LogP contribution in [0, 0.1) is 10.1 Å². The van der Waals surface area contributed by atoms with Gasteiger partial charge in [-0.3, -0.25) is 14.9 Å². The molecule has 0 atom stereocenters. The molecule has 0 saturated heterocycles. The maximum absolute atomic E-state index is 11.8. The second-order valence-electron chi connectivity index (χ2n) is 4.34. The van der Waals surface area contributed by atoms with E-state index in [0.717, 1.165) is 19.0 Å². The summed E-state index contributed by atoms with van der Waals surface area (Å²) in [7, 11) is 3.85. The fraction of sp³-hybridized carbons (Fsp3) is 0.417. The Morgan fingerprint density at radius 2 is 2.16 bits per heavy atom. The van der Waals surface area contributed by atoms with E-state index in [0.29, 0.717) is 6.54 Å². The van der Waals surface area contributed by atoms with Gasteiger partial charge in [-0.05, 0) is 33.1 Å². The Morgan fingerprint density at radius 3 is 2.74 bits per heavy atom. The molecular weight excluding hydrogens is 250 g/mol. The molecule has 19 heavy (non-hydrogen) atoms. The average Bonchev–Trinajstić information content (AvgIpc) is 2.34. The third-order valence-electron chi connectivity index (χ3n) is 2.52. The third kappa shape index (κ3) is 4.22. The molecule has 2 N–H and O–H groups in total. The maximum atomic E-state index is 11.8. The molecule has 0 aliphatic carbocycles. The number of phenols is 1. The number of rotatable bonds is 6. The smallest absolute Gasteiger partial charge is 0.311 e. The largest absolute Gasteiger partial charge is 0.502 e. The van der Waals surface area contributed by atoms with E-state index < -0.39 is 22.3 Å². The highest BCUT2D eigenvalue weighted by atomic mass is 16.6. The number of amides is 1. The van der Waals surface area contributed by atoms with Crippen LogP contribution in [0.15, 0.2) is 18.2 Å². The van der Waals surface area contributed by atoms with Gasteiger partial charge in [0.05, 0.1) is 10.5 Å². The highest BCUT2D eigenvalue weighted by Gasteiger charge is 2.20. The summed E-state index contributed by atoms with van der Waals surface area (Å²) in [6, 6.07) is 3.87. The number of phenolic OH excluding ortho intramolecular Hbond substituents is 1. The molecular formula is C12H17N3O4. The summed E-state index contributed by atoms with van der Waals surface area (Å²) in [5.41, 5.74) is -0.556. The normalized spacial score (nSPS) is 10.5. The van der Waals surface area contributed by atoms with Crippen molar-refractivity contribution in [1.82, 2.24) is 10.2 Å². The fourth-order valence-corrected chi connectivity index (χ4v) is 1.55. The van der Waals surface area contributed by atoms with E-state index in [1.54, 1.807) is 0 Å². The molecule has 0 heterocycles. The van der Waals surface area contributed by atoms with Crippen LogP contribution in [0.5, 0.6) is 5.75 Å². The number of carbonyl (C=O) groups excluding carboxylic acids is 1. The second-order valence-corrected chi connectivity index (χ2v) is 4.34. The quantitative estimate of drug-likeness (QED) is 0.455. The molecule has 0 saturated carbocycles. The van der Waals surface area contributed by atoms with Gasteiger partial charge in [-0.25, -0.2) is 0 Å². The maximum Gasteiger partial charge on any atom is 0.311 e. The minimum absolute atomic E-state index is 0.0842. The summed E-state index contributed by atoms with van der Waals surface area (Å²) in [6.07, 6.45) is 0.758. The number of benzene rings is 1. The molecule has 1 rings (SSSR count). The number of nitro groups is 1. The molecule has 0 fully saturated rings. The first kappa shape index (κ1) is 14.9. The lowest BCUT2D eigenvalue weighted by atomic mass is 10.1. The standard InChI is InChI=1S/C12H17N3O4/c1-14(2)8-4-7-13-12(17)9-5-3-6-10(11(9)16)15(18)19/h3,5-6,16H,4,7-8H2,1-2H3,(H,13,17). The van der Waals surface area contributed by atoms with Crippen molar-refractivity contribution in [3.63, 3.8) is 0 Å². The molecule has 0 aliphatic heterocycles. The SMILES string of the molecule is CN(C)CCCNC(=O)c1cccc([N+](=O)[O-])c1O. The van der Waals surface area contributed by atoms with Crippen LogP contribution in [-0.4, -0.2) is 48.0 Å². The molecule has 0 aromatic heterocycles. The van der Waals surface area contributed by atoms with Crippen molar-refractivity contribution < 1.29 is 14.8 Å². The Bertz CT molecular complexity index is 474. The van der Waals surface area contributed by atoms with Gasteiger partial charge in [-0.15, -0.1) is 0 Å². The first-order valence-corrected chi connectivity index (χ1v) is 5.82. The predicted octanol–water partition coefficient (Wildman–Crippen LogP) is 0.982. The van der Waals surface area contributed by atoms with Crippen LogP contribution in [0.2, 0.25) is 0 Å². The van der Waals surface area contributed by atoms with E-state index in [2.05, 4.69) is 5.32 Å². The Hall–Kier alpha value is -2.15. The molecule has 7 nitrogen and oxygen atoms in total. The first-order chi connectivity index (χ1) is 8.93. The predicted molar refractivity (Wildman–Crippen MR) is 70.3 cm³/mol. The number of nitrogens with one attached hydrogen (secondary N) is 1. The van der Waals surface area contributed by atoms with Crippen molar-refractivity contribution in [3.8, 4) is 5.75 Å². The number of hydrogen-bond donors (Lipinski definition) is 2. The minimum Gasteiger partial charge on any atom is -0.502 e. The van der Waals surface area contributed by atoms with Gasteiger partial charge in [0.1, 0.15) is 0 Å². The van der Waals surface area contributed by atoms with Crippen LogP contribution in [0.4, 0.5) is 5.69 Å². The van der Waals surface area contributed by atoms with Gasteiger partial charge in [0, 0.05) is 12.6 Å². The molecule has 0 spiro atoms. The zero-order valence-corrected chi connectivity index (χ0v) is 10.9. The lowest BCUT2D eigenvalue weighted by Crippen LogP contribution is -2.27. The van der Waals surface area contributed by atoms with Crippen LogP contribution in [0.25, 0.3) is 0 Å². The topological polar surface area (TPSA) is 95.7 Å². The monoisotopic (exact) mass is 267 g/mol. The Labute approximate surface area is 111 Å². The summed E-state index contributed by atoms with van der Waals surface area (Å²) in [6.45, 7) is 1.26. The molecule has 1 amide bonds. The fourth-order valence-electron chi connectivity index (χ4n) is 1.55. The van der Waals surface area contributed by atoms with Crippen molar-refractivity contribution in [2.24, 2.45) is 0 Å². The van der Waals surface area contributed by atoms with Gasteiger partial charge in [0.2, 0.25) is 5.75 Å². The van der Waals surface area contributed by atoms with Gasteiger partial charge in [0.15, 0.2) is 0 Å². The van der Waals surface area contributed by atoms with Gasteiger partial charge >= 0.3 is 5.69 Å². The molecule has 0 aliphatic rings. The van der Waals surface area contributed by atoms with E-state index in [4.69, 9.17) is 0 Å². The average molecular weight is 267 g/mol. The number of hydrogen-bond acceptors (Lipinski definition) is 5. The van der Waals surface area contributed by atoms with Gasteiger partial charge in [-0.1, -0.05) is 6.07 Å². The van der Waals surface area contributed by atoms with Crippen molar-refractivity contribution in [3.05, 3.63) is 33.9 Å². The molecule has 104 valence electrons. The minimum atomic E-state index is -0.724. The summed E-state index contributed by atoms with van der Waals surface area (Å²) in [4.78, 5) is 23.7. The summed E-state index contributed by atoms with van der Waals surface area (Å²) in [5, 5.41) is 22.9. The molecule has 0 bridgehead atoms. The Kier molecular flexibility index (Phi) is 5.25. The first-order valence-electron chi connectivity index (χ1n) is 5.82. The van der Waals surface area contributed by atoms with Crippen LogP contribution < -0.4 is 5.32 Å². The van der Waals surface area contributed by atoms with Crippen molar-refractivity contribution in [2.45, 2.75) is 6.42 Å². The van der Waals surface area contributed by atoms with Crippen molar-refractivity contribution in [2.75, 3.05) is 27.2 Å². The Morgan fingerprint density at radius 1 is 1.47 bits per heavy atom. The second kappa shape index (κ2) is 6.69. The molecule has 7 heteroatoms. The van der Waals surface area contributed by atoms with E-state index in [1.807, 2.05) is 19.0 Å². The summed E-state index contributed by atoms with van der Waals surface area (Å²) in [5.74, 6) is -1.11. The Balaban J connectivity index is 2.67. The molecule has 1 aromatic carbocycles. The third-order valence-corrected chi connectivity index (χ3v) is 2.52. The highest BCUT2D eigenvalue weighted by Crippen LogP contribution is 2.28. The van der Waals surface area contributed by atoms with Gasteiger partial charge in [-0.2, -0.15) is 0 Å². The molecule has 1 aromatic rings. The van der Waals surface area contributed by atoms with Gasteiger partial charge in [0.25, 0.3) is 5.91 Å². The zero-order valence-electron chi connectivity index (χ0n) is 10.9. The lowest BCUT2D eigenvalue weighted by molar-refractivity contribution is -0.385. The number of carbonyl (C=O) groups is 1. The van der Waals surface area contributed by atoms with Crippen molar-refractivity contribution in [1.29, 1.82) is 0 Å². The summed E-state index contributed by atoms with van der Waals surface area (Å²) >= 11 is 0. The van der Waals surface area contributed by atoms with E-state index >= 15 is 0 Å². The highest BCUT2D eigenvalue weighted by molar-refractivity contribution is 5.98. The van der Waals surface area contributed by atoms with Crippen LogP contribution in [-0.2, 0) is 0 Å². The molecule has 0 unspecified atom stereocenters. The number of nitrogens with zero attached hydrogens (tertiary/aromatic N) is 2. The molecule has 0 radical (unpaired) electrons. The summed E-state index contributed by atoms with van der Waals surface area (Å²) < 4.78 is 0. The van der Waals surface area contributed by atoms with Crippen LogP contribution in [0.1, 0.15) is 16.8 Å². The van der Waals surface area contributed by atoms with Crippen LogP contribution >= 0.6 is 0 Å². The van der Waals surface area contributed by atoms with E-state index in [9.17, 15) is 20.0 Å². The number of nitro benzene ring substituents is 1. The van der Waals surface area contributed by atoms with E-state index in [-0.39, 0.29) is 5.56 Å². The number of para-hydroxylation sites is 1. The number of aromatic hydroxyl groups is 1. The van der Waals surface area contributed by atoms with E-state index in [1.165, 1.54) is 12.1 Å². The zero-order chi connectivity index (χ0) is 14.4. The lowest BCUT2D eigenvalue weighted by Gasteiger charge is -2.10.